The molecule has 142 valence electrons. The number of benzene rings is 1. The number of urea groups is 1. The van der Waals surface area contributed by atoms with Crippen LogP contribution in [0.5, 0.6) is 11.5 Å². The molecule has 0 saturated heterocycles. The van der Waals surface area contributed by atoms with Gasteiger partial charge < -0.3 is 20.1 Å². The van der Waals surface area contributed by atoms with Gasteiger partial charge in [-0.15, -0.1) is 10.2 Å². The lowest BCUT2D eigenvalue weighted by Crippen LogP contribution is -2.39. The maximum absolute atomic E-state index is 12.0. The zero-order chi connectivity index (χ0) is 18.5. The van der Waals surface area contributed by atoms with Crippen LogP contribution in [0.15, 0.2) is 30.3 Å². The van der Waals surface area contributed by atoms with Gasteiger partial charge >= 0.3 is 6.03 Å². The van der Waals surface area contributed by atoms with Gasteiger partial charge in [-0.25, -0.2) is 4.79 Å². The van der Waals surface area contributed by atoms with Gasteiger partial charge in [0.05, 0.1) is 0 Å². The Morgan fingerprint density at radius 1 is 1.00 bits per heavy atom. The van der Waals surface area contributed by atoms with Crippen LogP contribution in [0.25, 0.3) is 0 Å². The van der Waals surface area contributed by atoms with E-state index in [4.69, 9.17) is 9.47 Å². The van der Waals surface area contributed by atoms with Crippen molar-refractivity contribution >= 4 is 17.7 Å². The summed E-state index contributed by atoms with van der Waals surface area (Å²) in [5, 5.41) is 17.1. The number of fused-ring (bicyclic) bond motifs is 1. The molecule has 0 bridgehead atoms. The summed E-state index contributed by atoms with van der Waals surface area (Å²) in [5.74, 6) is 2.58. The first-order valence-corrected chi connectivity index (χ1v) is 9.30. The van der Waals surface area contributed by atoms with Crippen molar-refractivity contribution in [3.05, 3.63) is 35.9 Å². The van der Waals surface area contributed by atoms with Crippen LogP contribution in [0.3, 0.4) is 0 Å². The molecule has 0 atom stereocenters. The van der Waals surface area contributed by atoms with E-state index in [-0.39, 0.29) is 18.9 Å². The average molecular weight is 369 g/mol. The SMILES string of the molecule is O=C(Nc1ccc(NCc2ccc3c(c2)OCO3)nn1)NC1CCCCC1. The summed E-state index contributed by atoms with van der Waals surface area (Å²) < 4.78 is 10.7. The Kier molecular flexibility index (Phi) is 5.22. The Balaban J connectivity index is 1.26. The molecule has 1 aromatic carbocycles. The van der Waals surface area contributed by atoms with E-state index in [1.807, 2.05) is 18.2 Å². The fraction of sp³-hybridized carbons (Fsp3) is 0.421. The van der Waals surface area contributed by atoms with Crippen LogP contribution in [-0.2, 0) is 6.54 Å². The zero-order valence-electron chi connectivity index (χ0n) is 15.0. The molecule has 2 heterocycles. The minimum Gasteiger partial charge on any atom is -0.454 e. The molecule has 0 spiro atoms. The second kappa shape index (κ2) is 8.11. The van der Waals surface area contributed by atoms with Crippen molar-refractivity contribution in [2.24, 2.45) is 0 Å². The highest BCUT2D eigenvalue weighted by Crippen LogP contribution is 2.32. The number of nitrogens with one attached hydrogen (secondary N) is 3. The molecule has 1 saturated carbocycles. The molecule has 27 heavy (non-hydrogen) atoms. The molecule has 0 unspecified atom stereocenters. The Labute approximate surface area is 157 Å². The molecule has 2 amide bonds. The number of carbonyl (C=O) groups excluding carboxylic acids is 1. The second-order valence-corrected chi connectivity index (χ2v) is 6.78. The minimum absolute atomic E-state index is 0.225. The van der Waals surface area contributed by atoms with Gasteiger partial charge in [0.1, 0.15) is 5.82 Å². The molecule has 2 aliphatic rings. The number of rotatable bonds is 5. The molecule has 1 aliphatic heterocycles. The summed E-state index contributed by atoms with van der Waals surface area (Å²) in [6, 6.07) is 9.36. The quantitative estimate of drug-likeness (QED) is 0.748. The number of nitrogens with zero attached hydrogens (tertiary/aromatic N) is 2. The molecule has 1 aromatic heterocycles. The zero-order valence-corrected chi connectivity index (χ0v) is 15.0. The van der Waals surface area contributed by atoms with E-state index in [2.05, 4.69) is 26.1 Å². The second-order valence-electron chi connectivity index (χ2n) is 6.78. The van der Waals surface area contributed by atoms with Gasteiger partial charge in [0, 0.05) is 12.6 Å². The van der Waals surface area contributed by atoms with Crippen LogP contribution in [-0.4, -0.2) is 29.1 Å². The fourth-order valence-electron chi connectivity index (χ4n) is 3.32. The fourth-order valence-corrected chi connectivity index (χ4v) is 3.32. The van der Waals surface area contributed by atoms with Gasteiger partial charge in [-0.3, -0.25) is 5.32 Å². The molecular weight excluding hydrogens is 346 g/mol. The van der Waals surface area contributed by atoms with Crippen molar-refractivity contribution < 1.29 is 14.3 Å². The van der Waals surface area contributed by atoms with Crippen LogP contribution in [0.4, 0.5) is 16.4 Å². The van der Waals surface area contributed by atoms with Crippen LogP contribution >= 0.6 is 0 Å². The predicted octanol–water partition coefficient (Wildman–Crippen LogP) is 3.27. The van der Waals surface area contributed by atoms with Gasteiger partial charge in [0.2, 0.25) is 6.79 Å². The maximum Gasteiger partial charge on any atom is 0.320 e. The number of carbonyl (C=O) groups is 1. The summed E-state index contributed by atoms with van der Waals surface area (Å²) in [6.45, 7) is 0.848. The largest absolute Gasteiger partial charge is 0.454 e. The van der Waals surface area contributed by atoms with Gasteiger partial charge in [-0.2, -0.15) is 0 Å². The number of hydrogen-bond donors (Lipinski definition) is 3. The Morgan fingerprint density at radius 2 is 1.78 bits per heavy atom. The van der Waals surface area contributed by atoms with Gasteiger partial charge in [-0.1, -0.05) is 25.3 Å². The highest BCUT2D eigenvalue weighted by molar-refractivity contribution is 5.88. The lowest BCUT2D eigenvalue weighted by Gasteiger charge is -2.22. The van der Waals surface area contributed by atoms with E-state index in [0.29, 0.717) is 18.2 Å². The van der Waals surface area contributed by atoms with Gasteiger partial charge in [-0.05, 0) is 42.7 Å². The van der Waals surface area contributed by atoms with E-state index in [1.54, 1.807) is 12.1 Å². The predicted molar refractivity (Wildman–Crippen MR) is 101 cm³/mol. The summed E-state index contributed by atoms with van der Waals surface area (Å²) in [5.41, 5.74) is 1.05. The Hall–Kier alpha value is -3.03. The first-order valence-electron chi connectivity index (χ1n) is 9.30. The van der Waals surface area contributed by atoms with Crippen LogP contribution in [0.1, 0.15) is 37.7 Å². The van der Waals surface area contributed by atoms with E-state index in [9.17, 15) is 4.79 Å². The molecule has 8 nitrogen and oxygen atoms in total. The topological polar surface area (TPSA) is 97.4 Å². The lowest BCUT2D eigenvalue weighted by atomic mass is 9.96. The molecule has 8 heteroatoms. The monoisotopic (exact) mass is 369 g/mol. The van der Waals surface area contributed by atoms with Crippen molar-refractivity contribution in [3.63, 3.8) is 0 Å². The average Bonchev–Trinajstić information content (AvgIpc) is 3.16. The summed E-state index contributed by atoms with van der Waals surface area (Å²) >= 11 is 0. The van der Waals surface area contributed by atoms with Crippen molar-refractivity contribution in [3.8, 4) is 11.5 Å². The maximum atomic E-state index is 12.0. The first-order chi connectivity index (χ1) is 13.3. The minimum atomic E-state index is -0.225. The number of amides is 2. The number of anilines is 2. The van der Waals surface area contributed by atoms with Crippen molar-refractivity contribution in [2.75, 3.05) is 17.4 Å². The van der Waals surface area contributed by atoms with Gasteiger partial charge in [0.15, 0.2) is 17.3 Å². The standard InChI is InChI=1S/C19H23N5O3/c25-19(21-14-4-2-1-3-5-14)22-18-9-8-17(23-24-18)20-11-13-6-7-15-16(10-13)27-12-26-15/h6-10,14H,1-5,11-12H2,(H,20,23)(H2,21,22,24,25). The smallest absolute Gasteiger partial charge is 0.320 e. The number of aromatic nitrogens is 2. The highest BCUT2D eigenvalue weighted by atomic mass is 16.7. The highest BCUT2D eigenvalue weighted by Gasteiger charge is 2.16. The Bertz CT molecular complexity index is 790. The summed E-state index contributed by atoms with van der Waals surface area (Å²) in [4.78, 5) is 12.0. The Morgan fingerprint density at radius 3 is 2.59 bits per heavy atom. The summed E-state index contributed by atoms with van der Waals surface area (Å²) in [6.07, 6.45) is 5.69. The van der Waals surface area contributed by atoms with E-state index in [0.717, 1.165) is 29.9 Å². The summed E-state index contributed by atoms with van der Waals surface area (Å²) in [7, 11) is 0. The molecule has 4 rings (SSSR count). The molecule has 1 aliphatic carbocycles. The van der Waals surface area contributed by atoms with Gasteiger partial charge in [0.25, 0.3) is 0 Å². The van der Waals surface area contributed by atoms with Crippen molar-refractivity contribution in [2.45, 2.75) is 44.7 Å². The normalized spacial score (nSPS) is 16.0. The first kappa shape index (κ1) is 17.4. The van der Waals surface area contributed by atoms with Crippen molar-refractivity contribution in [1.29, 1.82) is 0 Å². The van der Waals surface area contributed by atoms with E-state index >= 15 is 0 Å². The van der Waals surface area contributed by atoms with Crippen LogP contribution < -0.4 is 25.4 Å². The van der Waals surface area contributed by atoms with Crippen LogP contribution in [0, 0.1) is 0 Å². The van der Waals surface area contributed by atoms with Crippen LogP contribution in [0.2, 0.25) is 0 Å². The lowest BCUT2D eigenvalue weighted by molar-refractivity contribution is 0.174. The third-order valence-corrected chi connectivity index (χ3v) is 4.76. The molecule has 2 aromatic rings. The van der Waals surface area contributed by atoms with E-state index in [1.165, 1.54) is 19.3 Å². The third kappa shape index (κ3) is 4.58. The van der Waals surface area contributed by atoms with Crippen molar-refractivity contribution in [1.82, 2.24) is 15.5 Å². The molecular formula is C19H23N5O3. The molecule has 1 fully saturated rings. The van der Waals surface area contributed by atoms with E-state index < -0.39 is 0 Å². The third-order valence-electron chi connectivity index (χ3n) is 4.76. The number of ether oxygens (including phenoxy) is 2. The molecule has 3 N–H and O–H groups in total. The molecule has 0 radical (unpaired) electrons. The number of hydrogen-bond acceptors (Lipinski definition) is 6.